The van der Waals surface area contributed by atoms with Crippen LogP contribution in [0.15, 0.2) is 121 Å². The maximum atomic E-state index is 5.43. The van der Waals surface area contributed by atoms with Gasteiger partial charge in [-0.1, -0.05) is 200 Å². The Labute approximate surface area is 304 Å². The Balaban J connectivity index is -0.000000260. The molecule has 2 atom stereocenters. The second kappa shape index (κ2) is 42.4. The van der Waals surface area contributed by atoms with Gasteiger partial charge in [0.1, 0.15) is 11.5 Å². The van der Waals surface area contributed by atoms with Crippen LogP contribution < -0.4 is 9.47 Å². The van der Waals surface area contributed by atoms with E-state index in [1.54, 1.807) is 0 Å². The van der Waals surface area contributed by atoms with E-state index in [1.165, 1.54) is 24.0 Å². The van der Waals surface area contributed by atoms with Gasteiger partial charge in [-0.15, -0.1) is 0 Å². The van der Waals surface area contributed by atoms with Crippen LogP contribution in [0.5, 0.6) is 11.5 Å². The lowest BCUT2D eigenvalue weighted by Gasteiger charge is -2.26. The molecule has 4 heteroatoms. The minimum Gasteiger partial charge on any atom is -0.465 e. The minimum absolute atomic E-state index is 0. The van der Waals surface area contributed by atoms with Crippen molar-refractivity contribution in [3.8, 4) is 22.6 Å². The van der Waals surface area contributed by atoms with Gasteiger partial charge in [0.05, 0.1) is 13.2 Å². The molecular formula is C45H74O4. The topological polar surface area (TPSA) is 36.9 Å². The number of ether oxygens (including phenoxy) is 4. The van der Waals surface area contributed by atoms with Crippen LogP contribution in [0.1, 0.15) is 116 Å². The molecule has 2 fully saturated rings. The fourth-order valence-electron chi connectivity index (χ4n) is 3.18. The van der Waals surface area contributed by atoms with Crippen LogP contribution in [0.3, 0.4) is 0 Å². The number of rotatable bonds is 5. The summed E-state index contributed by atoms with van der Waals surface area (Å²) in [5.74, 6) is 1.77. The highest BCUT2D eigenvalue weighted by atomic mass is 16.7. The van der Waals surface area contributed by atoms with E-state index in [1.807, 2.05) is 128 Å². The maximum Gasteiger partial charge on any atom is 0.202 e. The van der Waals surface area contributed by atoms with Crippen molar-refractivity contribution in [3.63, 3.8) is 0 Å². The summed E-state index contributed by atoms with van der Waals surface area (Å²) >= 11 is 0. The van der Waals surface area contributed by atoms with E-state index < -0.39 is 0 Å². The maximum absolute atomic E-state index is 5.43. The predicted octanol–water partition coefficient (Wildman–Crippen LogP) is 14.6. The van der Waals surface area contributed by atoms with Crippen molar-refractivity contribution >= 4 is 0 Å². The molecule has 2 unspecified atom stereocenters. The van der Waals surface area contributed by atoms with E-state index >= 15 is 0 Å². The van der Waals surface area contributed by atoms with Crippen molar-refractivity contribution in [3.05, 3.63) is 121 Å². The Hall–Kier alpha value is -3.60. The third-order valence-electron chi connectivity index (χ3n) is 5.22. The second-order valence-corrected chi connectivity index (χ2v) is 9.19. The van der Waals surface area contributed by atoms with Gasteiger partial charge in [0.15, 0.2) is 0 Å². The molecule has 4 aromatic carbocycles. The Kier molecular flexibility index (Phi) is 45.2. The molecule has 2 saturated heterocycles. The summed E-state index contributed by atoms with van der Waals surface area (Å²) < 4.78 is 21.1. The molecule has 0 aliphatic carbocycles. The smallest absolute Gasteiger partial charge is 0.202 e. The van der Waals surface area contributed by atoms with E-state index in [2.05, 4.69) is 76.2 Å². The van der Waals surface area contributed by atoms with Gasteiger partial charge in [0.2, 0.25) is 12.6 Å². The molecule has 278 valence electrons. The van der Waals surface area contributed by atoms with Crippen molar-refractivity contribution in [1.82, 2.24) is 0 Å². The van der Waals surface area contributed by atoms with Gasteiger partial charge in [0.25, 0.3) is 0 Å². The predicted molar refractivity (Wildman–Crippen MR) is 219 cm³/mol. The number of hydrogen-bond donors (Lipinski definition) is 0. The summed E-state index contributed by atoms with van der Waals surface area (Å²) in [4.78, 5) is 0. The van der Waals surface area contributed by atoms with Gasteiger partial charge < -0.3 is 18.9 Å². The highest BCUT2D eigenvalue weighted by Crippen LogP contribution is 2.19. The third-order valence-corrected chi connectivity index (χ3v) is 5.22. The quantitative estimate of drug-likeness (QED) is 0.210. The average Bonchev–Trinajstić information content (AvgIpc) is 3.14. The summed E-state index contributed by atoms with van der Waals surface area (Å²) in [5.41, 5.74) is 2.55. The Morgan fingerprint density at radius 1 is 0.429 bits per heavy atom. The molecule has 2 aliphatic rings. The van der Waals surface area contributed by atoms with Crippen LogP contribution in [0.2, 0.25) is 0 Å². The largest absolute Gasteiger partial charge is 0.465 e. The molecule has 0 spiro atoms. The Morgan fingerprint density at radius 2 is 0.633 bits per heavy atom. The van der Waals surface area contributed by atoms with Crippen molar-refractivity contribution < 1.29 is 18.9 Å². The van der Waals surface area contributed by atoms with Crippen LogP contribution in [0.25, 0.3) is 11.1 Å². The standard InChI is InChI=1S/C12H10.2C9H10O2.2C3H8.4C2H6.CH4/c1-3-7-11(8-4-1)12-9-5-2-6-10-12;2*1-2-4-8(5-3-1)11-9-6-7-10-9;2*1-3-2;4*1-2;/h1-10H;2*1-5,9H,6-7H2;2*3H2,1-2H3;4*1-2H3;1H4. The molecule has 0 saturated carbocycles. The molecule has 0 radical (unpaired) electrons. The van der Waals surface area contributed by atoms with Crippen molar-refractivity contribution in [2.45, 2.75) is 129 Å². The van der Waals surface area contributed by atoms with Gasteiger partial charge in [-0.05, 0) is 35.4 Å². The Bertz CT molecular complexity index is 991. The lowest BCUT2D eigenvalue weighted by Crippen LogP contribution is -2.32. The van der Waals surface area contributed by atoms with Crippen molar-refractivity contribution in [2.24, 2.45) is 0 Å². The van der Waals surface area contributed by atoms with Crippen LogP contribution >= 0.6 is 0 Å². The molecule has 0 amide bonds. The van der Waals surface area contributed by atoms with Gasteiger partial charge in [-0.25, -0.2) is 0 Å². The minimum atomic E-state index is -0.00241. The molecule has 0 N–H and O–H groups in total. The van der Waals surface area contributed by atoms with Crippen LogP contribution in [0.4, 0.5) is 0 Å². The molecule has 0 bridgehead atoms. The van der Waals surface area contributed by atoms with Gasteiger partial charge in [-0.2, -0.15) is 0 Å². The zero-order chi connectivity index (χ0) is 36.7. The molecule has 4 nitrogen and oxygen atoms in total. The summed E-state index contributed by atoms with van der Waals surface area (Å²) in [5, 5.41) is 0. The van der Waals surface area contributed by atoms with Gasteiger partial charge in [-0.3, -0.25) is 0 Å². The summed E-state index contributed by atoms with van der Waals surface area (Å²) in [7, 11) is 0. The van der Waals surface area contributed by atoms with Crippen LogP contribution in [-0.4, -0.2) is 25.8 Å². The molecular weight excluding hydrogens is 604 g/mol. The number of hydrogen-bond acceptors (Lipinski definition) is 4. The average molecular weight is 679 g/mol. The summed E-state index contributed by atoms with van der Waals surface area (Å²) in [6.07, 6.45) is 4.51. The molecule has 2 aliphatic heterocycles. The van der Waals surface area contributed by atoms with Crippen molar-refractivity contribution in [1.29, 1.82) is 0 Å². The van der Waals surface area contributed by atoms with Crippen molar-refractivity contribution in [2.75, 3.05) is 13.2 Å². The molecule has 0 aromatic heterocycles. The fourth-order valence-corrected chi connectivity index (χ4v) is 3.18. The van der Waals surface area contributed by atoms with Gasteiger partial charge >= 0.3 is 0 Å². The fraction of sp³-hybridized carbons (Fsp3) is 0.467. The first-order valence-electron chi connectivity index (χ1n) is 18.5. The van der Waals surface area contributed by atoms with E-state index in [-0.39, 0.29) is 20.0 Å². The lowest BCUT2D eigenvalue weighted by atomic mass is 10.1. The van der Waals surface area contributed by atoms with E-state index in [9.17, 15) is 0 Å². The van der Waals surface area contributed by atoms with Crippen LogP contribution in [-0.2, 0) is 9.47 Å². The first-order chi connectivity index (χ1) is 23.7. The Morgan fingerprint density at radius 3 is 0.816 bits per heavy atom. The van der Waals surface area contributed by atoms with Gasteiger partial charge in [0, 0.05) is 12.8 Å². The second-order valence-electron chi connectivity index (χ2n) is 9.19. The molecule has 6 rings (SSSR count). The summed E-state index contributed by atoms with van der Waals surface area (Å²) in [6, 6.07) is 40.3. The molecule has 2 heterocycles. The normalized spacial score (nSPS) is 13.6. The first kappa shape index (κ1) is 52.2. The van der Waals surface area contributed by atoms with E-state index in [0.717, 1.165) is 37.6 Å². The number of benzene rings is 4. The highest BCUT2D eigenvalue weighted by molar-refractivity contribution is 5.62. The van der Waals surface area contributed by atoms with E-state index in [0.29, 0.717) is 0 Å². The monoisotopic (exact) mass is 679 g/mol. The van der Waals surface area contributed by atoms with E-state index in [4.69, 9.17) is 18.9 Å². The molecule has 49 heavy (non-hydrogen) atoms. The SMILES string of the molecule is C.CC.CC.CC.CC.CCC.CCC.c1ccc(-c2ccccc2)cc1.c1ccc(OC2CCO2)cc1.c1ccc(OC2CCO2)cc1. The van der Waals surface area contributed by atoms with Crippen LogP contribution in [0, 0.1) is 0 Å². The third kappa shape index (κ3) is 29.1. The summed E-state index contributed by atoms with van der Waals surface area (Å²) in [6.45, 7) is 26.2. The first-order valence-corrected chi connectivity index (χ1v) is 18.5. The zero-order valence-corrected chi connectivity index (χ0v) is 32.6. The number of para-hydroxylation sites is 2. The highest BCUT2D eigenvalue weighted by Gasteiger charge is 2.19. The zero-order valence-electron chi connectivity index (χ0n) is 32.6. The molecule has 4 aromatic rings. The lowest BCUT2D eigenvalue weighted by molar-refractivity contribution is -0.165.